The highest BCUT2D eigenvalue weighted by Gasteiger charge is 1.88. The van der Waals surface area contributed by atoms with Gasteiger partial charge >= 0.3 is 0 Å². The van der Waals surface area contributed by atoms with Crippen LogP contribution < -0.4 is 5.32 Å². The molecule has 0 rings (SSSR count). The van der Waals surface area contributed by atoms with Gasteiger partial charge in [0.15, 0.2) is 0 Å². The lowest BCUT2D eigenvalue weighted by Gasteiger charge is -2.04. The predicted molar refractivity (Wildman–Crippen MR) is 73.2 cm³/mol. The number of nitrogens with one attached hydrogen (secondary N) is 1. The van der Waals surface area contributed by atoms with Crippen LogP contribution in [0.15, 0.2) is 0 Å². The quantitative estimate of drug-likeness (QED) is 0.623. The Balaban J connectivity index is -0.000000376. The third kappa shape index (κ3) is 29.2. The topological polar surface area (TPSA) is 30.5 Å². The molecule has 0 fully saturated rings. The number of hydrogen-bond donors (Lipinski definition) is 1. The minimum Gasteiger partial charge on any atom is -0.379 e. The van der Waals surface area contributed by atoms with Gasteiger partial charge in [-0.05, 0) is 26.4 Å². The molecule has 0 spiro atoms. The minimum atomic E-state index is 0.726. The van der Waals surface area contributed by atoms with Gasteiger partial charge in [-0.3, -0.25) is 0 Å². The third-order valence-electron chi connectivity index (χ3n) is 1.44. The van der Waals surface area contributed by atoms with Crippen LogP contribution in [0, 0.1) is 0 Å². The van der Waals surface area contributed by atoms with Gasteiger partial charge in [-0.2, -0.15) is 0 Å². The largest absolute Gasteiger partial charge is 0.379 e. The molecular weight excluding hydrogens is 202 g/mol. The fraction of sp³-hybridized carbons (Fsp3) is 1.00. The van der Waals surface area contributed by atoms with E-state index >= 15 is 0 Å². The highest BCUT2D eigenvalue weighted by atomic mass is 16.5. The highest BCUT2D eigenvalue weighted by Crippen LogP contribution is 1.83. The van der Waals surface area contributed by atoms with Crippen LogP contribution in [0.4, 0.5) is 0 Å². The summed E-state index contributed by atoms with van der Waals surface area (Å²) in [5.74, 6) is 0. The SMILES string of the molecule is CC.CC.CCCOCCOCCCNC. The molecule has 0 atom stereocenters. The van der Waals surface area contributed by atoms with E-state index in [0.717, 1.165) is 45.8 Å². The van der Waals surface area contributed by atoms with Gasteiger partial charge in [-0.1, -0.05) is 34.6 Å². The Bertz CT molecular complexity index is 70.3. The minimum absolute atomic E-state index is 0.726. The van der Waals surface area contributed by atoms with Gasteiger partial charge in [0.05, 0.1) is 13.2 Å². The molecule has 0 radical (unpaired) electrons. The molecule has 3 heteroatoms. The summed E-state index contributed by atoms with van der Waals surface area (Å²) in [4.78, 5) is 0. The van der Waals surface area contributed by atoms with Crippen molar-refractivity contribution in [1.82, 2.24) is 5.32 Å². The molecule has 1 N–H and O–H groups in total. The van der Waals surface area contributed by atoms with E-state index < -0.39 is 0 Å². The zero-order chi connectivity index (χ0) is 13.1. The van der Waals surface area contributed by atoms with Gasteiger partial charge in [0.25, 0.3) is 0 Å². The third-order valence-corrected chi connectivity index (χ3v) is 1.44. The van der Waals surface area contributed by atoms with Crippen molar-refractivity contribution in [2.45, 2.75) is 47.5 Å². The molecule has 0 aromatic heterocycles. The Hall–Kier alpha value is -0.120. The summed E-state index contributed by atoms with van der Waals surface area (Å²) >= 11 is 0. The number of ether oxygens (including phenoxy) is 2. The van der Waals surface area contributed by atoms with Crippen molar-refractivity contribution < 1.29 is 9.47 Å². The first-order chi connectivity index (χ1) is 7.91. The van der Waals surface area contributed by atoms with E-state index in [1.165, 1.54) is 0 Å². The van der Waals surface area contributed by atoms with E-state index in [9.17, 15) is 0 Å². The molecule has 0 aromatic rings. The van der Waals surface area contributed by atoms with Gasteiger partial charge in [0.2, 0.25) is 0 Å². The molecule has 102 valence electrons. The maximum absolute atomic E-state index is 5.32. The van der Waals surface area contributed by atoms with E-state index in [-0.39, 0.29) is 0 Å². The van der Waals surface area contributed by atoms with Crippen LogP contribution in [0.25, 0.3) is 0 Å². The molecule has 0 aromatic carbocycles. The molecule has 0 saturated heterocycles. The molecule has 0 aliphatic heterocycles. The molecule has 0 saturated carbocycles. The van der Waals surface area contributed by atoms with Crippen LogP contribution >= 0.6 is 0 Å². The molecule has 0 aliphatic rings. The summed E-state index contributed by atoms with van der Waals surface area (Å²) in [6.07, 6.45) is 2.16. The van der Waals surface area contributed by atoms with Crippen LogP contribution in [0.3, 0.4) is 0 Å². The van der Waals surface area contributed by atoms with Crippen molar-refractivity contribution in [2.75, 3.05) is 40.0 Å². The Morgan fingerprint density at radius 1 is 0.812 bits per heavy atom. The average Bonchev–Trinajstić information content (AvgIpc) is 2.38. The fourth-order valence-electron chi connectivity index (χ4n) is 0.817. The maximum Gasteiger partial charge on any atom is 0.0700 e. The summed E-state index contributed by atoms with van der Waals surface area (Å²) in [5.41, 5.74) is 0. The second-order valence-electron chi connectivity index (χ2n) is 2.68. The molecule has 0 heterocycles. The Labute approximate surface area is 103 Å². The lowest BCUT2D eigenvalue weighted by molar-refractivity contribution is 0.0473. The molecule has 0 aliphatic carbocycles. The van der Waals surface area contributed by atoms with E-state index in [0.29, 0.717) is 0 Å². The van der Waals surface area contributed by atoms with E-state index in [1.54, 1.807) is 0 Å². The first-order valence-electron chi connectivity index (χ1n) is 6.72. The van der Waals surface area contributed by atoms with Crippen molar-refractivity contribution in [3.63, 3.8) is 0 Å². The van der Waals surface area contributed by atoms with Crippen LogP contribution in [0.2, 0.25) is 0 Å². The average molecular weight is 235 g/mol. The van der Waals surface area contributed by atoms with Gasteiger partial charge in [0.1, 0.15) is 0 Å². The van der Waals surface area contributed by atoms with Crippen LogP contribution in [0.5, 0.6) is 0 Å². The summed E-state index contributed by atoms with van der Waals surface area (Å²) in [5, 5.41) is 3.07. The smallest absolute Gasteiger partial charge is 0.0700 e. The molecule has 0 amide bonds. The Morgan fingerprint density at radius 2 is 1.31 bits per heavy atom. The molecule has 3 nitrogen and oxygen atoms in total. The van der Waals surface area contributed by atoms with Crippen molar-refractivity contribution in [3.8, 4) is 0 Å². The lowest BCUT2D eigenvalue weighted by Crippen LogP contribution is -2.12. The molecular formula is C13H33NO2. The fourth-order valence-corrected chi connectivity index (χ4v) is 0.817. The van der Waals surface area contributed by atoms with Crippen LogP contribution in [-0.4, -0.2) is 40.0 Å². The normalized spacial score (nSPS) is 8.62. The van der Waals surface area contributed by atoms with Crippen molar-refractivity contribution in [1.29, 1.82) is 0 Å². The molecule has 0 unspecified atom stereocenters. The van der Waals surface area contributed by atoms with Crippen molar-refractivity contribution >= 4 is 0 Å². The van der Waals surface area contributed by atoms with Crippen molar-refractivity contribution in [3.05, 3.63) is 0 Å². The summed E-state index contributed by atoms with van der Waals surface area (Å²) in [6.45, 7) is 14.3. The Morgan fingerprint density at radius 3 is 1.75 bits per heavy atom. The van der Waals surface area contributed by atoms with Crippen molar-refractivity contribution in [2.24, 2.45) is 0 Å². The summed E-state index contributed by atoms with van der Waals surface area (Å²) in [7, 11) is 1.95. The van der Waals surface area contributed by atoms with E-state index in [4.69, 9.17) is 9.47 Å². The van der Waals surface area contributed by atoms with Gasteiger partial charge < -0.3 is 14.8 Å². The first-order valence-corrected chi connectivity index (χ1v) is 6.72. The second-order valence-corrected chi connectivity index (χ2v) is 2.68. The molecule has 0 bridgehead atoms. The number of hydrogen-bond acceptors (Lipinski definition) is 3. The van der Waals surface area contributed by atoms with E-state index in [2.05, 4.69) is 12.2 Å². The zero-order valence-corrected chi connectivity index (χ0v) is 12.3. The standard InChI is InChI=1S/C9H21NO2.2C2H6/c1-3-6-11-8-9-12-7-4-5-10-2;2*1-2/h10H,3-9H2,1-2H3;2*1-2H3. The predicted octanol–water partition coefficient (Wildman–Crippen LogP) is 3.09. The van der Waals surface area contributed by atoms with Crippen LogP contribution in [-0.2, 0) is 9.47 Å². The lowest BCUT2D eigenvalue weighted by atomic mass is 10.4. The highest BCUT2D eigenvalue weighted by molar-refractivity contribution is 4.39. The zero-order valence-electron chi connectivity index (χ0n) is 12.3. The van der Waals surface area contributed by atoms with Gasteiger partial charge in [-0.15, -0.1) is 0 Å². The summed E-state index contributed by atoms with van der Waals surface area (Å²) in [6, 6.07) is 0. The molecule has 16 heavy (non-hydrogen) atoms. The van der Waals surface area contributed by atoms with E-state index in [1.807, 2.05) is 34.7 Å². The number of rotatable bonds is 9. The first kappa shape index (κ1) is 21.2. The van der Waals surface area contributed by atoms with Gasteiger partial charge in [-0.25, -0.2) is 0 Å². The Kier molecular flexibility index (Phi) is 38.9. The second kappa shape index (κ2) is 29.4. The summed E-state index contributed by atoms with van der Waals surface area (Å²) < 4.78 is 10.6. The maximum atomic E-state index is 5.32. The monoisotopic (exact) mass is 235 g/mol. The van der Waals surface area contributed by atoms with Crippen LogP contribution in [0.1, 0.15) is 47.5 Å². The van der Waals surface area contributed by atoms with Gasteiger partial charge in [0, 0.05) is 13.2 Å².